The summed E-state index contributed by atoms with van der Waals surface area (Å²) in [7, 11) is 0. The van der Waals surface area contributed by atoms with Gasteiger partial charge in [0.25, 0.3) is 0 Å². The molecule has 0 bridgehead atoms. The first-order valence-corrected chi connectivity index (χ1v) is 14.7. The minimum absolute atomic E-state index is 0.0290. The average Bonchev–Trinajstić information content (AvgIpc) is 3.88. The topological polar surface area (TPSA) is 166 Å². The van der Waals surface area contributed by atoms with Gasteiger partial charge < -0.3 is 25.7 Å². The quantitative estimate of drug-likeness (QED) is 0.135. The summed E-state index contributed by atoms with van der Waals surface area (Å²) < 4.78 is 77.7. The van der Waals surface area contributed by atoms with Crippen LogP contribution in [0.15, 0.2) is 36.8 Å². The fourth-order valence-corrected chi connectivity index (χ4v) is 4.65. The zero-order chi connectivity index (χ0) is 36.1. The van der Waals surface area contributed by atoms with Crippen molar-refractivity contribution < 1.29 is 50.5 Å². The Bertz CT molecular complexity index is 1820. The third kappa shape index (κ3) is 9.96. The van der Waals surface area contributed by atoms with Gasteiger partial charge in [0, 0.05) is 50.3 Å². The molecule has 5 heterocycles. The molecular weight excluding hydrogens is 716 g/mol. The number of pyridine rings is 3. The Kier molecular flexibility index (Phi) is 11.6. The molecule has 0 aromatic carbocycles. The largest absolute Gasteiger partial charge is 0.490 e. The Morgan fingerprint density at radius 1 is 0.918 bits per heavy atom. The van der Waals surface area contributed by atoms with E-state index in [4.69, 9.17) is 53.0 Å². The minimum Gasteiger partial charge on any atom is -0.475 e. The van der Waals surface area contributed by atoms with E-state index >= 15 is 0 Å². The number of carbonyl (C=O) groups is 2. The Labute approximate surface area is 281 Å². The molecule has 12 nitrogen and oxygen atoms in total. The number of alkyl halides is 6. The summed E-state index contributed by atoms with van der Waals surface area (Å²) in [6.45, 7) is 3.42. The second-order valence-corrected chi connectivity index (χ2v) is 11.0. The number of anilines is 3. The molecule has 2 fully saturated rings. The van der Waals surface area contributed by atoms with E-state index in [9.17, 15) is 30.7 Å². The van der Waals surface area contributed by atoms with Crippen LogP contribution < -0.4 is 15.5 Å². The molecule has 4 N–H and O–H groups in total. The van der Waals surface area contributed by atoms with Crippen LogP contribution >= 0.6 is 23.2 Å². The van der Waals surface area contributed by atoms with Crippen molar-refractivity contribution in [1.29, 1.82) is 0 Å². The van der Waals surface area contributed by atoms with Gasteiger partial charge in [-0.2, -0.15) is 26.3 Å². The zero-order valence-electron chi connectivity index (χ0n) is 24.6. The van der Waals surface area contributed by atoms with E-state index in [1.807, 2.05) is 12.3 Å². The standard InChI is InChI=1S/C24H21Cl2FN8.2C2HF3O2/c25-15-10-17(27)23(31-11-15)32-18-9-14(3-4-29-18)22-33-20-19(16(13-1-2-13)12-30-21(20)26)24(34-22)35-7-5-28-6-8-35;2*3-2(4,5)1(6)7/h3-4,9-13,28H,1-2,5-8H2,(H,29,31,32);2*(H,6,7). The van der Waals surface area contributed by atoms with Crippen molar-refractivity contribution in [3.05, 3.63) is 58.3 Å². The summed E-state index contributed by atoms with van der Waals surface area (Å²) in [4.78, 5) is 42.7. The van der Waals surface area contributed by atoms with E-state index in [0.717, 1.165) is 55.8 Å². The van der Waals surface area contributed by atoms with Crippen LogP contribution in [0, 0.1) is 5.82 Å². The highest BCUT2D eigenvalue weighted by Crippen LogP contribution is 2.46. The Balaban J connectivity index is 0.000000327. The van der Waals surface area contributed by atoms with Gasteiger partial charge in [-0.05, 0) is 42.5 Å². The van der Waals surface area contributed by atoms with Crippen LogP contribution in [0.1, 0.15) is 24.3 Å². The van der Waals surface area contributed by atoms with E-state index < -0.39 is 30.1 Å². The molecule has 1 saturated carbocycles. The second-order valence-electron chi connectivity index (χ2n) is 10.3. The molecule has 1 aliphatic heterocycles. The Hall–Kier alpha value is -4.62. The predicted octanol–water partition coefficient (Wildman–Crippen LogP) is 6.22. The summed E-state index contributed by atoms with van der Waals surface area (Å²) in [5, 5.41) is 22.1. The van der Waals surface area contributed by atoms with E-state index in [2.05, 4.69) is 30.5 Å². The first kappa shape index (κ1) is 37.2. The molecule has 4 aromatic rings. The molecule has 0 radical (unpaired) electrons. The normalized spacial score (nSPS) is 14.7. The monoisotopic (exact) mass is 738 g/mol. The fraction of sp³-hybridized carbons (Fsp3) is 0.321. The van der Waals surface area contributed by atoms with E-state index in [-0.39, 0.29) is 10.8 Å². The number of hydrogen-bond acceptors (Lipinski definition) is 10. The van der Waals surface area contributed by atoms with Crippen molar-refractivity contribution in [3.63, 3.8) is 0 Å². The molecule has 49 heavy (non-hydrogen) atoms. The molecule has 4 aromatic heterocycles. The lowest BCUT2D eigenvalue weighted by Gasteiger charge is -2.30. The Morgan fingerprint density at radius 2 is 1.53 bits per heavy atom. The van der Waals surface area contributed by atoms with Crippen molar-refractivity contribution >= 4 is 63.5 Å². The number of nitrogens with one attached hydrogen (secondary N) is 2. The van der Waals surface area contributed by atoms with Gasteiger partial charge in [0.1, 0.15) is 17.2 Å². The third-order valence-electron chi connectivity index (χ3n) is 6.68. The number of halogens is 9. The molecule has 0 amide bonds. The summed E-state index contributed by atoms with van der Waals surface area (Å²) in [6, 6.07) is 4.76. The number of piperazine rings is 1. The molecule has 0 atom stereocenters. The molecule has 2 aliphatic rings. The summed E-state index contributed by atoms with van der Waals surface area (Å²) in [6.07, 6.45) is -3.04. The summed E-state index contributed by atoms with van der Waals surface area (Å²) >= 11 is 12.4. The molecule has 6 rings (SSSR count). The molecule has 21 heteroatoms. The van der Waals surface area contributed by atoms with Crippen LogP contribution in [0.3, 0.4) is 0 Å². The number of fused-ring (bicyclic) bond motifs is 1. The fourth-order valence-electron chi connectivity index (χ4n) is 4.32. The van der Waals surface area contributed by atoms with Crippen LogP contribution in [0.2, 0.25) is 10.2 Å². The van der Waals surface area contributed by atoms with E-state index in [1.54, 1.807) is 12.3 Å². The van der Waals surface area contributed by atoms with Crippen LogP contribution in [0.4, 0.5) is 48.2 Å². The average molecular weight is 739 g/mol. The van der Waals surface area contributed by atoms with E-state index in [0.29, 0.717) is 33.8 Å². The maximum absolute atomic E-state index is 14.3. The first-order valence-electron chi connectivity index (χ1n) is 13.9. The van der Waals surface area contributed by atoms with Crippen molar-refractivity contribution in [2.75, 3.05) is 36.4 Å². The molecule has 0 spiro atoms. The minimum atomic E-state index is -5.08. The maximum atomic E-state index is 14.3. The number of hydrogen-bond donors (Lipinski definition) is 4. The van der Waals surface area contributed by atoms with Crippen LogP contribution in [0.25, 0.3) is 22.3 Å². The van der Waals surface area contributed by atoms with Gasteiger partial charge in [0.2, 0.25) is 0 Å². The van der Waals surface area contributed by atoms with Crippen molar-refractivity contribution in [1.82, 2.24) is 30.2 Å². The number of aliphatic carboxylic acids is 2. The van der Waals surface area contributed by atoms with Crippen LogP contribution in [0.5, 0.6) is 0 Å². The maximum Gasteiger partial charge on any atom is 0.490 e. The first-order chi connectivity index (χ1) is 23.0. The van der Waals surface area contributed by atoms with Crippen molar-refractivity contribution in [2.45, 2.75) is 31.1 Å². The molecular formula is C28H23Cl2F7N8O4. The van der Waals surface area contributed by atoms with Gasteiger partial charge in [-0.15, -0.1) is 0 Å². The highest BCUT2D eigenvalue weighted by atomic mass is 35.5. The lowest BCUT2D eigenvalue weighted by Crippen LogP contribution is -2.44. The van der Waals surface area contributed by atoms with Crippen molar-refractivity contribution in [3.8, 4) is 11.4 Å². The highest BCUT2D eigenvalue weighted by Gasteiger charge is 2.39. The zero-order valence-corrected chi connectivity index (χ0v) is 26.1. The third-order valence-corrected chi connectivity index (χ3v) is 7.17. The van der Waals surface area contributed by atoms with Crippen LogP contribution in [-0.4, -0.2) is 85.6 Å². The highest BCUT2D eigenvalue weighted by molar-refractivity contribution is 6.34. The molecule has 1 saturated heterocycles. The van der Waals surface area contributed by atoms with Gasteiger partial charge in [-0.25, -0.2) is 38.9 Å². The predicted molar refractivity (Wildman–Crippen MR) is 163 cm³/mol. The molecule has 0 unspecified atom stereocenters. The number of nitrogens with zero attached hydrogens (tertiary/aromatic N) is 6. The summed E-state index contributed by atoms with van der Waals surface area (Å²) in [5.74, 6) is -3.82. The Morgan fingerprint density at radius 3 is 2.08 bits per heavy atom. The van der Waals surface area contributed by atoms with E-state index in [1.165, 1.54) is 12.3 Å². The van der Waals surface area contributed by atoms with Crippen molar-refractivity contribution in [2.24, 2.45) is 0 Å². The van der Waals surface area contributed by atoms with Gasteiger partial charge in [0.15, 0.2) is 22.6 Å². The summed E-state index contributed by atoms with van der Waals surface area (Å²) in [5.41, 5.74) is 2.51. The lowest BCUT2D eigenvalue weighted by molar-refractivity contribution is -0.193. The van der Waals surface area contributed by atoms with Gasteiger partial charge in [0.05, 0.1) is 10.4 Å². The van der Waals surface area contributed by atoms with Crippen LogP contribution in [-0.2, 0) is 9.59 Å². The SMILES string of the molecule is Fc1cc(Cl)cnc1Nc1cc(-c2nc(N3CCNCC3)c3c(C4CC4)cnc(Cl)c3n2)ccn1.O=C(O)C(F)(F)F.O=C(O)C(F)(F)F. The second kappa shape index (κ2) is 15.3. The molecule has 1 aliphatic carbocycles. The van der Waals surface area contributed by atoms with Gasteiger partial charge in [-0.3, -0.25) is 0 Å². The van der Waals surface area contributed by atoms with Gasteiger partial charge in [-0.1, -0.05) is 23.2 Å². The molecule has 262 valence electrons. The smallest absolute Gasteiger partial charge is 0.475 e. The number of aromatic nitrogens is 5. The van der Waals surface area contributed by atoms with Gasteiger partial charge >= 0.3 is 24.3 Å². The lowest BCUT2D eigenvalue weighted by atomic mass is 10.1. The number of carboxylic acid groups (broad SMARTS) is 2. The number of rotatable bonds is 5. The number of carboxylic acids is 2.